The number of thiophene rings is 1. The Morgan fingerprint density at radius 1 is 1.21 bits per heavy atom. The third-order valence-corrected chi connectivity index (χ3v) is 7.32. The van der Waals surface area contributed by atoms with E-state index in [4.69, 9.17) is 21.4 Å². The highest BCUT2D eigenvalue weighted by atomic mass is 35.5. The molecule has 2 aromatic rings. The van der Waals surface area contributed by atoms with Crippen LogP contribution in [0, 0.1) is 5.92 Å². The van der Waals surface area contributed by atoms with Crippen LogP contribution in [0.2, 0.25) is 5.02 Å². The zero-order chi connectivity index (χ0) is 24.1. The van der Waals surface area contributed by atoms with Crippen LogP contribution in [0.3, 0.4) is 0 Å². The molecule has 0 N–H and O–H groups in total. The number of nitrogens with zero attached hydrogens (tertiary/aromatic N) is 4. The first kappa shape index (κ1) is 24.9. The van der Waals surface area contributed by atoms with Crippen molar-refractivity contribution in [2.75, 3.05) is 45.9 Å². The van der Waals surface area contributed by atoms with Gasteiger partial charge in [0.15, 0.2) is 0 Å². The van der Waals surface area contributed by atoms with E-state index >= 15 is 0 Å². The number of carbonyl (C=O) groups excluding carboxylic acids is 2. The van der Waals surface area contributed by atoms with Gasteiger partial charge in [0.2, 0.25) is 5.91 Å². The lowest BCUT2D eigenvalue weighted by Crippen LogP contribution is -2.47. The molecule has 0 bridgehead atoms. The summed E-state index contributed by atoms with van der Waals surface area (Å²) in [6.07, 6.45) is 0.625. The lowest BCUT2D eigenvalue weighted by Gasteiger charge is -2.31. The molecule has 0 saturated carbocycles. The normalized spacial score (nSPS) is 18.9. The Labute approximate surface area is 209 Å². The van der Waals surface area contributed by atoms with Crippen molar-refractivity contribution in [3.63, 3.8) is 0 Å². The van der Waals surface area contributed by atoms with Crippen LogP contribution in [0.25, 0.3) is 0 Å². The van der Waals surface area contributed by atoms with Crippen molar-refractivity contribution in [3.05, 3.63) is 57.2 Å². The van der Waals surface area contributed by atoms with Crippen molar-refractivity contribution in [2.24, 2.45) is 11.0 Å². The fourth-order valence-electron chi connectivity index (χ4n) is 4.23. The molecule has 7 nitrogen and oxygen atoms in total. The lowest BCUT2D eigenvalue weighted by atomic mass is 10.0. The molecule has 4 rings (SSSR count). The molecular formula is C25H31ClN4O3S. The van der Waals surface area contributed by atoms with Crippen LogP contribution < -0.4 is 0 Å². The Kier molecular flexibility index (Phi) is 8.37. The maximum Gasteiger partial charge on any atom is 0.262 e. The van der Waals surface area contributed by atoms with E-state index in [1.165, 1.54) is 0 Å². The minimum absolute atomic E-state index is 0.00661. The zero-order valence-corrected chi connectivity index (χ0v) is 21.2. The highest BCUT2D eigenvalue weighted by Gasteiger charge is 2.35. The molecule has 182 valence electrons. The van der Waals surface area contributed by atoms with E-state index in [9.17, 15) is 9.59 Å². The van der Waals surface area contributed by atoms with Gasteiger partial charge in [0.1, 0.15) is 6.54 Å². The molecule has 3 heterocycles. The number of morpholine rings is 1. The third-order valence-electron chi connectivity index (χ3n) is 6.15. The molecule has 2 amide bonds. The molecule has 1 atom stereocenters. The first-order chi connectivity index (χ1) is 16.4. The number of halogens is 1. The van der Waals surface area contributed by atoms with Gasteiger partial charge in [-0.2, -0.15) is 5.10 Å². The van der Waals surface area contributed by atoms with Gasteiger partial charge in [-0.25, -0.2) is 5.01 Å². The number of carbonyl (C=O) groups is 2. The highest BCUT2D eigenvalue weighted by Crippen LogP contribution is 2.34. The second kappa shape index (κ2) is 11.4. The first-order valence-electron chi connectivity index (χ1n) is 11.7. The second-order valence-electron chi connectivity index (χ2n) is 8.90. The van der Waals surface area contributed by atoms with Crippen molar-refractivity contribution in [1.29, 1.82) is 0 Å². The summed E-state index contributed by atoms with van der Waals surface area (Å²) >= 11 is 7.71. The summed E-state index contributed by atoms with van der Waals surface area (Å²) in [6.45, 7) is 8.06. The van der Waals surface area contributed by atoms with E-state index in [1.54, 1.807) is 21.2 Å². The average Bonchev–Trinajstić information content (AvgIpc) is 3.52. The van der Waals surface area contributed by atoms with Crippen molar-refractivity contribution in [2.45, 2.75) is 26.3 Å². The highest BCUT2D eigenvalue weighted by molar-refractivity contribution is 7.12. The van der Waals surface area contributed by atoms with Crippen LogP contribution in [0.15, 0.2) is 46.9 Å². The summed E-state index contributed by atoms with van der Waals surface area (Å²) in [5.74, 6) is -0.387. The van der Waals surface area contributed by atoms with E-state index in [0.29, 0.717) is 31.2 Å². The van der Waals surface area contributed by atoms with Crippen molar-refractivity contribution in [3.8, 4) is 0 Å². The fourth-order valence-corrected chi connectivity index (χ4v) is 5.08. The number of hydrogen-bond acceptors (Lipinski definition) is 6. The molecule has 34 heavy (non-hydrogen) atoms. The van der Waals surface area contributed by atoms with Crippen LogP contribution >= 0.6 is 22.9 Å². The van der Waals surface area contributed by atoms with Gasteiger partial charge in [-0.1, -0.05) is 43.6 Å². The van der Waals surface area contributed by atoms with Gasteiger partial charge in [0.05, 0.1) is 29.8 Å². The SMILES string of the molecule is CC(C)C(=O)N(CCN1CCOCC1)CC(=O)N1N=C(c2cccs2)C[C@@H]1c1ccc(Cl)cc1. The third kappa shape index (κ3) is 6.05. The molecule has 1 saturated heterocycles. The predicted octanol–water partition coefficient (Wildman–Crippen LogP) is 3.90. The summed E-state index contributed by atoms with van der Waals surface area (Å²) in [4.78, 5) is 31.5. The van der Waals surface area contributed by atoms with Gasteiger partial charge in [-0.15, -0.1) is 11.3 Å². The summed E-state index contributed by atoms with van der Waals surface area (Å²) < 4.78 is 5.42. The predicted molar refractivity (Wildman–Crippen MR) is 135 cm³/mol. The molecule has 9 heteroatoms. The van der Waals surface area contributed by atoms with Crippen LogP contribution in [-0.4, -0.2) is 78.3 Å². The fraction of sp³-hybridized carbons (Fsp3) is 0.480. The minimum atomic E-state index is -0.225. The van der Waals surface area contributed by atoms with Crippen LogP contribution in [0.5, 0.6) is 0 Å². The Hall–Kier alpha value is -2.26. The molecule has 2 aliphatic heterocycles. The summed E-state index contributed by atoms with van der Waals surface area (Å²) in [5.41, 5.74) is 1.86. The smallest absolute Gasteiger partial charge is 0.262 e. The Bertz CT molecular complexity index is 1000. The van der Waals surface area contributed by atoms with Crippen LogP contribution in [0.1, 0.15) is 36.8 Å². The first-order valence-corrected chi connectivity index (χ1v) is 13.0. The van der Waals surface area contributed by atoms with E-state index in [-0.39, 0.29) is 30.3 Å². The number of hydrogen-bond donors (Lipinski definition) is 0. The number of amides is 2. The average molecular weight is 503 g/mol. The Balaban J connectivity index is 1.52. The molecule has 0 spiro atoms. The van der Waals surface area contributed by atoms with E-state index < -0.39 is 0 Å². The summed E-state index contributed by atoms with van der Waals surface area (Å²) in [5, 5.41) is 8.95. The minimum Gasteiger partial charge on any atom is -0.379 e. The largest absolute Gasteiger partial charge is 0.379 e. The van der Waals surface area contributed by atoms with Gasteiger partial charge in [-0.3, -0.25) is 14.5 Å². The van der Waals surface area contributed by atoms with Gasteiger partial charge < -0.3 is 9.64 Å². The van der Waals surface area contributed by atoms with Gasteiger partial charge in [-0.05, 0) is 29.1 Å². The van der Waals surface area contributed by atoms with Crippen molar-refractivity contribution in [1.82, 2.24) is 14.8 Å². The van der Waals surface area contributed by atoms with Crippen molar-refractivity contribution < 1.29 is 14.3 Å². The molecular weight excluding hydrogens is 472 g/mol. The van der Waals surface area contributed by atoms with Crippen LogP contribution in [0.4, 0.5) is 0 Å². The summed E-state index contributed by atoms with van der Waals surface area (Å²) in [6, 6.07) is 11.3. The van der Waals surface area contributed by atoms with Crippen LogP contribution in [-0.2, 0) is 14.3 Å². The van der Waals surface area contributed by atoms with E-state index in [2.05, 4.69) is 4.90 Å². The molecule has 0 radical (unpaired) electrons. The number of hydrazone groups is 1. The quantitative estimate of drug-likeness (QED) is 0.549. The van der Waals surface area contributed by atoms with E-state index in [0.717, 1.165) is 35.8 Å². The number of benzene rings is 1. The Morgan fingerprint density at radius 3 is 2.59 bits per heavy atom. The maximum atomic E-state index is 13.6. The number of rotatable bonds is 8. The Morgan fingerprint density at radius 2 is 1.94 bits per heavy atom. The molecule has 0 unspecified atom stereocenters. The molecule has 1 aromatic carbocycles. The van der Waals surface area contributed by atoms with Gasteiger partial charge in [0, 0.05) is 43.5 Å². The molecule has 1 fully saturated rings. The standard InChI is InChI=1S/C25H31ClN4O3S/c1-18(2)25(32)29(10-9-28-11-13-33-14-12-28)17-24(31)30-22(19-5-7-20(26)8-6-19)16-21(27-30)23-4-3-15-34-23/h3-8,15,18,22H,9-14,16-17H2,1-2H3/t22-/m1/s1. The molecule has 1 aromatic heterocycles. The second-order valence-corrected chi connectivity index (χ2v) is 10.3. The number of ether oxygens (including phenoxy) is 1. The van der Waals surface area contributed by atoms with Gasteiger partial charge in [0.25, 0.3) is 5.91 Å². The molecule has 2 aliphatic rings. The maximum absolute atomic E-state index is 13.6. The zero-order valence-electron chi connectivity index (χ0n) is 19.7. The summed E-state index contributed by atoms with van der Waals surface area (Å²) in [7, 11) is 0. The van der Waals surface area contributed by atoms with Crippen molar-refractivity contribution >= 4 is 40.5 Å². The van der Waals surface area contributed by atoms with E-state index in [1.807, 2.05) is 55.6 Å². The van der Waals surface area contributed by atoms with Gasteiger partial charge >= 0.3 is 0 Å². The molecule has 0 aliphatic carbocycles. The lowest BCUT2D eigenvalue weighted by molar-refractivity contribution is -0.143. The monoisotopic (exact) mass is 502 g/mol. The topological polar surface area (TPSA) is 65.5 Å².